The molecule has 0 aliphatic rings. The van der Waals surface area contributed by atoms with Crippen molar-refractivity contribution in [2.45, 2.75) is 45.6 Å². The van der Waals surface area contributed by atoms with Crippen molar-refractivity contribution in [2.75, 3.05) is 0 Å². The number of aromatic nitrogens is 3. The first kappa shape index (κ1) is 13.7. The number of pyridine rings is 1. The smallest absolute Gasteiger partial charge is 0.246 e. The Hall–Kier alpha value is -1.75. The number of aryl methyl sites for hydroxylation is 1. The summed E-state index contributed by atoms with van der Waals surface area (Å²) in [6, 6.07) is 3.93. The fourth-order valence-electron chi connectivity index (χ4n) is 2.10. The third-order valence-corrected chi connectivity index (χ3v) is 3.17. The van der Waals surface area contributed by atoms with Crippen LogP contribution in [0.15, 0.2) is 22.9 Å². The molecule has 0 radical (unpaired) electrons. The molecule has 0 aliphatic heterocycles. The molecule has 19 heavy (non-hydrogen) atoms. The molecule has 0 bridgehead atoms. The first-order chi connectivity index (χ1) is 9.08. The molecule has 0 spiro atoms. The number of hydrogen-bond acceptors (Lipinski definition) is 5. The SMILES string of the molecule is CCCC(C)(N)c1nc(-c2ncccc2CC)no1. The fraction of sp³-hybridized carbons (Fsp3) is 0.500. The third-order valence-electron chi connectivity index (χ3n) is 3.17. The van der Waals surface area contributed by atoms with E-state index >= 15 is 0 Å². The average molecular weight is 260 g/mol. The Bertz CT molecular complexity index is 548. The molecule has 5 heteroatoms. The molecule has 102 valence electrons. The van der Waals surface area contributed by atoms with Gasteiger partial charge in [0.1, 0.15) is 5.69 Å². The van der Waals surface area contributed by atoms with Crippen LogP contribution in [0.4, 0.5) is 0 Å². The Morgan fingerprint density at radius 3 is 2.84 bits per heavy atom. The lowest BCUT2D eigenvalue weighted by Gasteiger charge is -2.18. The van der Waals surface area contributed by atoms with Gasteiger partial charge in [0.05, 0.1) is 5.54 Å². The van der Waals surface area contributed by atoms with Gasteiger partial charge in [-0.2, -0.15) is 4.98 Å². The quantitative estimate of drug-likeness (QED) is 0.894. The molecule has 0 aliphatic carbocycles. The highest BCUT2D eigenvalue weighted by Gasteiger charge is 2.28. The van der Waals surface area contributed by atoms with Crippen LogP contribution >= 0.6 is 0 Å². The molecule has 2 aromatic rings. The molecule has 2 heterocycles. The van der Waals surface area contributed by atoms with Gasteiger partial charge in [-0.25, -0.2) is 0 Å². The number of nitrogens with zero attached hydrogens (tertiary/aromatic N) is 3. The van der Waals surface area contributed by atoms with E-state index < -0.39 is 5.54 Å². The minimum Gasteiger partial charge on any atom is -0.337 e. The fourth-order valence-corrected chi connectivity index (χ4v) is 2.10. The van der Waals surface area contributed by atoms with Gasteiger partial charge in [-0.1, -0.05) is 31.5 Å². The Labute approximate surface area is 113 Å². The highest BCUT2D eigenvalue weighted by Crippen LogP contribution is 2.25. The lowest BCUT2D eigenvalue weighted by Crippen LogP contribution is -2.33. The standard InChI is InChI=1S/C14H20N4O/c1-4-8-14(3,15)13-17-12(18-19-13)11-10(5-2)7-6-9-16-11/h6-7,9H,4-5,8,15H2,1-3H3. The predicted molar refractivity (Wildman–Crippen MR) is 73.4 cm³/mol. The third kappa shape index (κ3) is 2.81. The predicted octanol–water partition coefficient (Wildman–Crippen LogP) is 2.67. The summed E-state index contributed by atoms with van der Waals surface area (Å²) in [4.78, 5) is 8.75. The van der Waals surface area contributed by atoms with E-state index in [1.807, 2.05) is 19.1 Å². The molecule has 0 aromatic carbocycles. The Balaban J connectivity index is 2.36. The largest absolute Gasteiger partial charge is 0.337 e. The Morgan fingerprint density at radius 1 is 1.37 bits per heavy atom. The lowest BCUT2D eigenvalue weighted by atomic mass is 9.98. The summed E-state index contributed by atoms with van der Waals surface area (Å²) in [6.45, 7) is 6.06. The summed E-state index contributed by atoms with van der Waals surface area (Å²) in [6.07, 6.45) is 4.38. The van der Waals surface area contributed by atoms with Gasteiger partial charge in [-0.05, 0) is 31.4 Å². The van der Waals surface area contributed by atoms with Crippen LogP contribution in [0.1, 0.15) is 45.1 Å². The van der Waals surface area contributed by atoms with Gasteiger partial charge < -0.3 is 10.3 Å². The molecular weight excluding hydrogens is 240 g/mol. The minimum atomic E-state index is -0.582. The summed E-state index contributed by atoms with van der Waals surface area (Å²) in [5.41, 5.74) is 7.48. The summed E-state index contributed by atoms with van der Waals surface area (Å²) in [5, 5.41) is 4.01. The van der Waals surface area contributed by atoms with Crippen molar-refractivity contribution in [3.63, 3.8) is 0 Å². The van der Waals surface area contributed by atoms with Crippen LogP contribution in [0.5, 0.6) is 0 Å². The van der Waals surface area contributed by atoms with Gasteiger partial charge in [0.25, 0.3) is 0 Å². The van der Waals surface area contributed by atoms with Gasteiger partial charge in [0.2, 0.25) is 11.7 Å². The monoisotopic (exact) mass is 260 g/mol. The van der Waals surface area contributed by atoms with E-state index in [-0.39, 0.29) is 0 Å². The van der Waals surface area contributed by atoms with Crippen LogP contribution in [0.2, 0.25) is 0 Å². The topological polar surface area (TPSA) is 77.8 Å². The van der Waals surface area contributed by atoms with E-state index in [1.54, 1.807) is 6.20 Å². The molecule has 0 saturated heterocycles. The first-order valence-electron chi connectivity index (χ1n) is 6.65. The van der Waals surface area contributed by atoms with Crippen molar-refractivity contribution in [1.29, 1.82) is 0 Å². The van der Waals surface area contributed by atoms with Gasteiger partial charge in [0.15, 0.2) is 0 Å². The molecule has 0 fully saturated rings. The van der Waals surface area contributed by atoms with Crippen LogP contribution in [0, 0.1) is 0 Å². The van der Waals surface area contributed by atoms with Crippen LogP contribution in [0.25, 0.3) is 11.5 Å². The van der Waals surface area contributed by atoms with E-state index in [0.29, 0.717) is 11.7 Å². The highest BCUT2D eigenvalue weighted by molar-refractivity contribution is 5.53. The van der Waals surface area contributed by atoms with Crippen molar-refractivity contribution < 1.29 is 4.52 Å². The van der Waals surface area contributed by atoms with Crippen molar-refractivity contribution in [3.8, 4) is 11.5 Å². The van der Waals surface area contributed by atoms with Crippen molar-refractivity contribution in [2.24, 2.45) is 5.73 Å². The molecule has 5 nitrogen and oxygen atoms in total. The van der Waals surface area contributed by atoms with Crippen LogP contribution < -0.4 is 5.73 Å². The van der Waals surface area contributed by atoms with Gasteiger partial charge in [0, 0.05) is 6.20 Å². The van der Waals surface area contributed by atoms with E-state index in [0.717, 1.165) is 30.5 Å². The summed E-state index contributed by atoms with van der Waals surface area (Å²) >= 11 is 0. The molecule has 2 N–H and O–H groups in total. The number of hydrogen-bond donors (Lipinski definition) is 1. The number of rotatable bonds is 5. The van der Waals surface area contributed by atoms with Crippen LogP contribution in [0.3, 0.4) is 0 Å². The second-order valence-electron chi connectivity index (χ2n) is 4.96. The lowest BCUT2D eigenvalue weighted by molar-refractivity contribution is 0.284. The van der Waals surface area contributed by atoms with E-state index in [2.05, 4.69) is 29.0 Å². The molecule has 1 atom stereocenters. The molecule has 0 saturated carbocycles. The van der Waals surface area contributed by atoms with Crippen molar-refractivity contribution in [1.82, 2.24) is 15.1 Å². The highest BCUT2D eigenvalue weighted by atomic mass is 16.5. The van der Waals surface area contributed by atoms with Crippen molar-refractivity contribution >= 4 is 0 Å². The Kier molecular flexibility index (Phi) is 3.95. The van der Waals surface area contributed by atoms with Gasteiger partial charge in [-0.3, -0.25) is 4.98 Å². The maximum absolute atomic E-state index is 6.19. The molecular formula is C14H20N4O. The molecule has 2 rings (SSSR count). The Morgan fingerprint density at radius 2 is 2.16 bits per heavy atom. The molecule has 1 unspecified atom stereocenters. The van der Waals surface area contributed by atoms with Crippen LogP contribution in [-0.2, 0) is 12.0 Å². The van der Waals surface area contributed by atoms with Crippen molar-refractivity contribution in [3.05, 3.63) is 29.8 Å². The first-order valence-corrected chi connectivity index (χ1v) is 6.65. The average Bonchev–Trinajstić information content (AvgIpc) is 2.89. The zero-order valence-electron chi connectivity index (χ0n) is 11.7. The van der Waals surface area contributed by atoms with Crippen LogP contribution in [-0.4, -0.2) is 15.1 Å². The zero-order chi connectivity index (χ0) is 13.9. The summed E-state index contributed by atoms with van der Waals surface area (Å²) in [5.74, 6) is 0.984. The molecule has 2 aromatic heterocycles. The van der Waals surface area contributed by atoms with Gasteiger partial charge in [-0.15, -0.1) is 0 Å². The van der Waals surface area contributed by atoms with Gasteiger partial charge >= 0.3 is 0 Å². The normalized spacial score (nSPS) is 14.3. The second-order valence-corrected chi connectivity index (χ2v) is 4.96. The van der Waals surface area contributed by atoms with E-state index in [9.17, 15) is 0 Å². The summed E-state index contributed by atoms with van der Waals surface area (Å²) < 4.78 is 5.31. The summed E-state index contributed by atoms with van der Waals surface area (Å²) in [7, 11) is 0. The molecule has 0 amide bonds. The minimum absolute atomic E-state index is 0.469. The second kappa shape index (κ2) is 5.48. The maximum Gasteiger partial charge on any atom is 0.246 e. The van der Waals surface area contributed by atoms with E-state index in [1.165, 1.54) is 0 Å². The zero-order valence-corrected chi connectivity index (χ0v) is 11.7. The maximum atomic E-state index is 6.19. The number of nitrogens with two attached hydrogens (primary N) is 1. The van der Waals surface area contributed by atoms with E-state index in [4.69, 9.17) is 10.3 Å².